The molecule has 0 heterocycles. The summed E-state index contributed by atoms with van der Waals surface area (Å²) in [6, 6.07) is 0. The molecule has 0 aromatic carbocycles. The highest BCUT2D eigenvalue weighted by Crippen LogP contribution is 2.16. The SMILES string of the molecule is CCCCCC/C=C\C(CCCCCCC(=O)NCC(=O)O)OC(=O)CCCCCCCCCCCCC/C=C\C/C=C\CCCCCCC. The fourth-order valence-corrected chi connectivity index (χ4v) is 6.10. The van der Waals surface area contributed by atoms with E-state index < -0.39 is 5.97 Å². The molecule has 0 bridgehead atoms. The van der Waals surface area contributed by atoms with Gasteiger partial charge in [-0.1, -0.05) is 160 Å². The summed E-state index contributed by atoms with van der Waals surface area (Å²) in [7, 11) is 0. The van der Waals surface area contributed by atoms with Crippen LogP contribution in [0.25, 0.3) is 0 Å². The van der Waals surface area contributed by atoms with Crippen molar-refractivity contribution in [3.8, 4) is 0 Å². The van der Waals surface area contributed by atoms with Crippen molar-refractivity contribution in [2.24, 2.45) is 0 Å². The van der Waals surface area contributed by atoms with Crippen molar-refractivity contribution in [2.45, 2.75) is 219 Å². The summed E-state index contributed by atoms with van der Waals surface area (Å²) in [4.78, 5) is 34.8. The maximum Gasteiger partial charge on any atom is 0.322 e. The lowest BCUT2D eigenvalue weighted by Crippen LogP contribution is -2.28. The third-order valence-corrected chi connectivity index (χ3v) is 9.27. The number of hydrogen-bond acceptors (Lipinski definition) is 4. The molecule has 6 nitrogen and oxygen atoms in total. The Balaban J connectivity index is 3.87. The van der Waals surface area contributed by atoms with Crippen LogP contribution in [0.4, 0.5) is 0 Å². The van der Waals surface area contributed by atoms with Crippen LogP contribution in [0.2, 0.25) is 0 Å². The Labute approximate surface area is 308 Å². The summed E-state index contributed by atoms with van der Waals surface area (Å²) in [5.74, 6) is -1.33. The number of carboxylic acid groups (broad SMARTS) is 1. The Morgan fingerprint density at radius 3 is 1.52 bits per heavy atom. The van der Waals surface area contributed by atoms with E-state index in [1.807, 2.05) is 0 Å². The Bertz CT molecular complexity index is 864. The van der Waals surface area contributed by atoms with Gasteiger partial charge in [-0.3, -0.25) is 14.4 Å². The third kappa shape index (κ3) is 38.4. The number of hydrogen-bond donors (Lipinski definition) is 2. The molecule has 50 heavy (non-hydrogen) atoms. The Morgan fingerprint density at radius 1 is 0.540 bits per heavy atom. The molecule has 0 aliphatic heterocycles. The number of rotatable bonds is 38. The summed E-state index contributed by atoms with van der Waals surface area (Å²) in [6.45, 7) is 4.16. The van der Waals surface area contributed by atoms with Gasteiger partial charge in [-0.25, -0.2) is 0 Å². The van der Waals surface area contributed by atoms with E-state index in [0.717, 1.165) is 57.8 Å². The quantitative estimate of drug-likeness (QED) is 0.0380. The first-order valence-electron chi connectivity index (χ1n) is 21.1. The summed E-state index contributed by atoms with van der Waals surface area (Å²) in [5.41, 5.74) is 0. The minimum Gasteiger partial charge on any atom is -0.480 e. The van der Waals surface area contributed by atoms with Crippen molar-refractivity contribution < 1.29 is 24.2 Å². The zero-order valence-electron chi connectivity index (χ0n) is 32.7. The van der Waals surface area contributed by atoms with Gasteiger partial charge in [-0.2, -0.15) is 0 Å². The molecule has 0 aromatic heterocycles. The van der Waals surface area contributed by atoms with Crippen LogP contribution >= 0.6 is 0 Å². The lowest BCUT2D eigenvalue weighted by Gasteiger charge is -2.15. The average Bonchev–Trinajstić information content (AvgIpc) is 3.10. The van der Waals surface area contributed by atoms with Gasteiger partial charge in [0, 0.05) is 12.8 Å². The molecule has 1 amide bonds. The molecule has 0 saturated heterocycles. The maximum absolute atomic E-state index is 12.6. The van der Waals surface area contributed by atoms with Crippen molar-refractivity contribution in [1.82, 2.24) is 5.32 Å². The van der Waals surface area contributed by atoms with E-state index in [1.165, 1.54) is 128 Å². The Morgan fingerprint density at radius 2 is 0.980 bits per heavy atom. The van der Waals surface area contributed by atoms with Gasteiger partial charge in [0.05, 0.1) is 0 Å². The molecule has 0 fully saturated rings. The van der Waals surface area contributed by atoms with Crippen LogP contribution in [-0.4, -0.2) is 35.6 Å². The number of aliphatic carboxylic acids is 1. The number of allylic oxidation sites excluding steroid dienone is 5. The minimum absolute atomic E-state index is 0.0865. The zero-order chi connectivity index (χ0) is 36.6. The maximum atomic E-state index is 12.6. The monoisotopic (exact) mass is 702 g/mol. The number of ether oxygens (including phenoxy) is 1. The van der Waals surface area contributed by atoms with E-state index in [1.54, 1.807) is 0 Å². The summed E-state index contributed by atoms with van der Waals surface area (Å²) in [5, 5.41) is 11.1. The molecule has 0 spiro atoms. The molecule has 1 unspecified atom stereocenters. The van der Waals surface area contributed by atoms with E-state index in [0.29, 0.717) is 12.8 Å². The molecule has 0 rings (SSSR count). The third-order valence-electron chi connectivity index (χ3n) is 9.27. The van der Waals surface area contributed by atoms with E-state index in [4.69, 9.17) is 9.84 Å². The first kappa shape index (κ1) is 47.6. The van der Waals surface area contributed by atoms with E-state index in [2.05, 4.69) is 55.6 Å². The number of amides is 1. The van der Waals surface area contributed by atoms with Crippen LogP contribution in [0.1, 0.15) is 213 Å². The molecule has 1 atom stereocenters. The van der Waals surface area contributed by atoms with E-state index in [-0.39, 0.29) is 24.5 Å². The van der Waals surface area contributed by atoms with Gasteiger partial charge in [0.1, 0.15) is 12.6 Å². The number of carbonyl (C=O) groups is 3. The van der Waals surface area contributed by atoms with E-state index in [9.17, 15) is 14.4 Å². The standard InChI is InChI=1S/C44H79NO5/c1-3-5-7-9-11-12-13-14-15-16-17-18-19-20-21-22-23-24-25-26-27-29-35-39-44(49)50-41(36-32-28-10-8-6-4-2)37-33-30-31-34-38-42(46)45-40-43(47)48/h13-14,16-17,32,36,41H,3-12,15,18-31,33-35,37-40H2,1-2H3,(H,45,46)(H,47,48)/b14-13-,17-16-,36-32-. The van der Waals surface area contributed by atoms with Crippen molar-refractivity contribution in [2.75, 3.05) is 6.54 Å². The Kier molecular flexibility index (Phi) is 37.5. The highest BCUT2D eigenvalue weighted by molar-refractivity contribution is 5.80. The molecule has 0 saturated carbocycles. The highest BCUT2D eigenvalue weighted by atomic mass is 16.5. The second kappa shape index (κ2) is 39.4. The molecule has 0 radical (unpaired) electrons. The molecule has 2 N–H and O–H groups in total. The summed E-state index contributed by atoms with van der Waals surface area (Å²) in [6.07, 6.45) is 48.7. The number of esters is 1. The van der Waals surface area contributed by atoms with Gasteiger partial charge in [0.25, 0.3) is 0 Å². The van der Waals surface area contributed by atoms with Crippen LogP contribution in [0.5, 0.6) is 0 Å². The van der Waals surface area contributed by atoms with Crippen LogP contribution in [0.3, 0.4) is 0 Å². The van der Waals surface area contributed by atoms with Crippen LogP contribution in [0, 0.1) is 0 Å². The van der Waals surface area contributed by atoms with Gasteiger partial charge in [-0.05, 0) is 76.7 Å². The average molecular weight is 702 g/mol. The van der Waals surface area contributed by atoms with E-state index >= 15 is 0 Å². The lowest BCUT2D eigenvalue weighted by molar-refractivity contribution is -0.147. The van der Waals surface area contributed by atoms with Crippen molar-refractivity contribution in [3.63, 3.8) is 0 Å². The van der Waals surface area contributed by atoms with Crippen LogP contribution in [0.15, 0.2) is 36.5 Å². The normalized spacial score (nSPS) is 12.4. The summed E-state index contributed by atoms with van der Waals surface area (Å²) < 4.78 is 5.88. The Hall–Kier alpha value is -2.37. The fraction of sp³-hybridized carbons (Fsp3) is 0.795. The predicted molar refractivity (Wildman–Crippen MR) is 212 cm³/mol. The summed E-state index contributed by atoms with van der Waals surface area (Å²) >= 11 is 0. The van der Waals surface area contributed by atoms with Crippen molar-refractivity contribution in [3.05, 3.63) is 36.5 Å². The number of unbranched alkanes of at least 4 members (excludes halogenated alkanes) is 23. The molecule has 6 heteroatoms. The van der Waals surface area contributed by atoms with Gasteiger partial charge < -0.3 is 15.2 Å². The molecular weight excluding hydrogens is 622 g/mol. The highest BCUT2D eigenvalue weighted by Gasteiger charge is 2.12. The molecule has 0 aromatic rings. The second-order valence-electron chi connectivity index (χ2n) is 14.2. The molecule has 0 aliphatic carbocycles. The van der Waals surface area contributed by atoms with Crippen LogP contribution < -0.4 is 5.32 Å². The van der Waals surface area contributed by atoms with Gasteiger partial charge in [-0.15, -0.1) is 0 Å². The molecular formula is C44H79NO5. The first-order valence-corrected chi connectivity index (χ1v) is 21.1. The fourth-order valence-electron chi connectivity index (χ4n) is 6.10. The molecule has 290 valence electrons. The smallest absolute Gasteiger partial charge is 0.322 e. The van der Waals surface area contributed by atoms with Crippen molar-refractivity contribution in [1.29, 1.82) is 0 Å². The van der Waals surface area contributed by atoms with Crippen LogP contribution in [-0.2, 0) is 19.1 Å². The number of nitrogens with one attached hydrogen (secondary N) is 1. The van der Waals surface area contributed by atoms with Gasteiger partial charge in [0.2, 0.25) is 5.91 Å². The first-order chi connectivity index (χ1) is 24.5. The van der Waals surface area contributed by atoms with Gasteiger partial charge >= 0.3 is 11.9 Å². The number of carboxylic acids is 1. The van der Waals surface area contributed by atoms with Gasteiger partial charge in [0.15, 0.2) is 0 Å². The van der Waals surface area contributed by atoms with Crippen molar-refractivity contribution >= 4 is 17.8 Å². The topological polar surface area (TPSA) is 92.7 Å². The largest absolute Gasteiger partial charge is 0.480 e. The lowest BCUT2D eigenvalue weighted by atomic mass is 10.0. The minimum atomic E-state index is -1.03. The molecule has 0 aliphatic rings. The predicted octanol–water partition coefficient (Wildman–Crippen LogP) is 12.9. The second-order valence-corrected chi connectivity index (χ2v) is 14.2. The number of carbonyl (C=O) groups excluding carboxylic acids is 2. The zero-order valence-corrected chi connectivity index (χ0v) is 32.7.